The second-order valence-corrected chi connectivity index (χ2v) is 4.44. The Bertz CT molecular complexity index is 184. The van der Waals surface area contributed by atoms with Crippen LogP contribution in [0.4, 0.5) is 0 Å². The van der Waals surface area contributed by atoms with Crippen LogP contribution in [0.1, 0.15) is 13.8 Å². The number of hydrogen-bond acceptors (Lipinski definition) is 3. The van der Waals surface area contributed by atoms with Crippen LogP contribution in [0.3, 0.4) is 0 Å². The summed E-state index contributed by atoms with van der Waals surface area (Å²) in [6, 6.07) is 0. The van der Waals surface area contributed by atoms with Crippen molar-refractivity contribution in [3.63, 3.8) is 0 Å². The third-order valence-electron chi connectivity index (χ3n) is 2.38. The summed E-state index contributed by atoms with van der Waals surface area (Å²) < 4.78 is 0. The Morgan fingerprint density at radius 1 is 1.55 bits per heavy atom. The highest BCUT2D eigenvalue weighted by Crippen LogP contribution is 2.43. The van der Waals surface area contributed by atoms with Gasteiger partial charge in [0, 0.05) is 11.5 Å². The van der Waals surface area contributed by atoms with E-state index in [2.05, 4.69) is 0 Å². The minimum Gasteiger partial charge on any atom is -0.481 e. The van der Waals surface area contributed by atoms with Gasteiger partial charge in [0.15, 0.2) is 0 Å². The van der Waals surface area contributed by atoms with Crippen LogP contribution in [-0.2, 0) is 4.79 Å². The molecule has 0 aromatic heterocycles. The van der Waals surface area contributed by atoms with Crippen LogP contribution in [0.5, 0.6) is 0 Å². The molecule has 0 aliphatic carbocycles. The average molecular weight is 176 g/mol. The molecule has 1 aliphatic heterocycles. The highest BCUT2D eigenvalue weighted by molar-refractivity contribution is 8.00. The normalized spacial score (nSPS) is 22.5. The van der Waals surface area contributed by atoms with Gasteiger partial charge in [-0.2, -0.15) is 11.8 Å². The lowest BCUT2D eigenvalue weighted by atomic mass is 9.76. The van der Waals surface area contributed by atoms with Gasteiger partial charge in [-0.1, -0.05) is 0 Å². The molecule has 0 unspecified atom stereocenters. The Morgan fingerprint density at radius 3 is 2.09 bits per heavy atom. The van der Waals surface area contributed by atoms with Crippen molar-refractivity contribution in [2.45, 2.75) is 19.4 Å². The van der Waals surface area contributed by atoms with Crippen molar-refractivity contribution in [2.24, 2.45) is 5.41 Å². The van der Waals surface area contributed by atoms with Gasteiger partial charge < -0.3 is 10.2 Å². The fourth-order valence-corrected chi connectivity index (χ4v) is 2.17. The molecule has 0 saturated carbocycles. The molecule has 0 radical (unpaired) electrons. The second-order valence-electron chi connectivity index (χ2n) is 3.45. The molecule has 0 aromatic rings. The van der Waals surface area contributed by atoms with Gasteiger partial charge in [0.1, 0.15) is 0 Å². The third-order valence-corrected chi connectivity index (χ3v) is 3.74. The van der Waals surface area contributed by atoms with Gasteiger partial charge in [-0.05, 0) is 13.8 Å². The zero-order valence-electron chi connectivity index (χ0n) is 6.63. The van der Waals surface area contributed by atoms with Gasteiger partial charge in [0.05, 0.1) is 11.0 Å². The molecule has 3 nitrogen and oxygen atoms in total. The fraction of sp³-hybridized carbons (Fsp3) is 0.857. The van der Waals surface area contributed by atoms with Crippen molar-refractivity contribution in [3.05, 3.63) is 0 Å². The second kappa shape index (κ2) is 2.38. The molecule has 1 fully saturated rings. The lowest BCUT2D eigenvalue weighted by molar-refractivity contribution is -0.160. The molecule has 11 heavy (non-hydrogen) atoms. The minimum absolute atomic E-state index is 0.534. The number of aliphatic hydroxyl groups is 1. The highest BCUT2D eigenvalue weighted by atomic mass is 32.2. The summed E-state index contributed by atoms with van der Waals surface area (Å²) in [5.41, 5.74) is -2.01. The molecular formula is C7H12O3S. The van der Waals surface area contributed by atoms with E-state index >= 15 is 0 Å². The van der Waals surface area contributed by atoms with Crippen molar-refractivity contribution < 1.29 is 15.0 Å². The van der Waals surface area contributed by atoms with E-state index in [4.69, 9.17) is 5.11 Å². The number of carboxylic acids is 1. The van der Waals surface area contributed by atoms with Gasteiger partial charge in [0.2, 0.25) is 0 Å². The minimum atomic E-state index is -1.02. The molecule has 0 amide bonds. The van der Waals surface area contributed by atoms with Crippen LogP contribution in [0.25, 0.3) is 0 Å². The van der Waals surface area contributed by atoms with Crippen LogP contribution >= 0.6 is 11.8 Å². The average Bonchev–Trinajstić information content (AvgIpc) is 1.82. The van der Waals surface area contributed by atoms with E-state index in [9.17, 15) is 9.90 Å². The van der Waals surface area contributed by atoms with Gasteiger partial charge >= 0.3 is 5.97 Å². The summed E-state index contributed by atoms with van der Waals surface area (Å²) in [5.74, 6) is 0.138. The summed E-state index contributed by atoms with van der Waals surface area (Å²) in [6.07, 6.45) is 0. The van der Waals surface area contributed by atoms with E-state index in [0.717, 1.165) is 0 Å². The SMILES string of the molecule is CC(C)(C(=O)O)C1(O)CSC1. The molecule has 1 saturated heterocycles. The monoisotopic (exact) mass is 176 g/mol. The molecule has 0 aromatic carbocycles. The number of carboxylic acid groups (broad SMARTS) is 1. The highest BCUT2D eigenvalue weighted by Gasteiger charge is 2.53. The summed E-state index contributed by atoms with van der Waals surface area (Å²) in [4.78, 5) is 10.7. The molecular weight excluding hydrogens is 164 g/mol. The Morgan fingerprint density at radius 2 is 2.00 bits per heavy atom. The molecule has 64 valence electrons. The van der Waals surface area contributed by atoms with E-state index in [0.29, 0.717) is 11.5 Å². The summed E-state index contributed by atoms with van der Waals surface area (Å²) in [6.45, 7) is 3.13. The first-order valence-electron chi connectivity index (χ1n) is 3.44. The van der Waals surface area contributed by atoms with Crippen LogP contribution in [0.2, 0.25) is 0 Å². The van der Waals surface area contributed by atoms with E-state index in [1.165, 1.54) is 0 Å². The summed E-state index contributed by atoms with van der Waals surface area (Å²) in [7, 11) is 0. The van der Waals surface area contributed by atoms with E-state index in [1.807, 2.05) is 0 Å². The first-order valence-corrected chi connectivity index (χ1v) is 4.59. The van der Waals surface area contributed by atoms with Gasteiger partial charge in [-0.15, -0.1) is 0 Å². The quantitative estimate of drug-likeness (QED) is 0.646. The first-order chi connectivity index (χ1) is 4.90. The van der Waals surface area contributed by atoms with Crippen LogP contribution < -0.4 is 0 Å². The Kier molecular flexibility index (Phi) is 1.92. The zero-order chi connectivity index (χ0) is 8.70. The molecule has 0 atom stereocenters. The van der Waals surface area contributed by atoms with E-state index < -0.39 is 17.0 Å². The largest absolute Gasteiger partial charge is 0.481 e. The first kappa shape index (κ1) is 8.87. The van der Waals surface area contributed by atoms with Crippen molar-refractivity contribution in [1.29, 1.82) is 0 Å². The van der Waals surface area contributed by atoms with Crippen molar-refractivity contribution in [1.82, 2.24) is 0 Å². The molecule has 0 bridgehead atoms. The molecule has 1 heterocycles. The molecule has 1 rings (SSSR count). The summed E-state index contributed by atoms with van der Waals surface area (Å²) in [5, 5.41) is 18.5. The van der Waals surface area contributed by atoms with Gasteiger partial charge in [-0.25, -0.2) is 0 Å². The molecule has 0 spiro atoms. The van der Waals surface area contributed by atoms with Crippen LogP contribution in [0, 0.1) is 5.41 Å². The Labute approximate surface area is 69.8 Å². The lowest BCUT2D eigenvalue weighted by Gasteiger charge is -2.45. The molecule has 1 aliphatic rings. The van der Waals surface area contributed by atoms with Crippen molar-refractivity contribution in [3.8, 4) is 0 Å². The number of thioether (sulfide) groups is 1. The van der Waals surface area contributed by atoms with Crippen molar-refractivity contribution in [2.75, 3.05) is 11.5 Å². The maximum absolute atomic E-state index is 10.7. The topological polar surface area (TPSA) is 57.5 Å². The third kappa shape index (κ3) is 1.14. The number of carbonyl (C=O) groups is 1. The molecule has 2 N–H and O–H groups in total. The lowest BCUT2D eigenvalue weighted by Crippen LogP contribution is -2.58. The van der Waals surface area contributed by atoms with Gasteiger partial charge in [-0.3, -0.25) is 4.79 Å². The number of rotatable bonds is 2. The van der Waals surface area contributed by atoms with Gasteiger partial charge in [0.25, 0.3) is 0 Å². The predicted octanol–water partition coefficient (Wildman–Crippen LogP) is 0.575. The van der Waals surface area contributed by atoms with Crippen LogP contribution in [0.15, 0.2) is 0 Å². The van der Waals surface area contributed by atoms with Crippen molar-refractivity contribution >= 4 is 17.7 Å². The maximum atomic E-state index is 10.7. The predicted molar refractivity (Wildman–Crippen MR) is 43.7 cm³/mol. The Hall–Kier alpha value is -0.220. The zero-order valence-corrected chi connectivity index (χ0v) is 7.44. The molecule has 4 heteroatoms. The number of hydrogen-bond donors (Lipinski definition) is 2. The van der Waals surface area contributed by atoms with E-state index in [-0.39, 0.29) is 0 Å². The van der Waals surface area contributed by atoms with E-state index in [1.54, 1.807) is 25.6 Å². The summed E-state index contributed by atoms with van der Waals surface area (Å²) >= 11 is 1.57. The smallest absolute Gasteiger partial charge is 0.312 e. The standard InChI is InChI=1S/C7H12O3S/c1-6(2,5(8)9)7(10)3-11-4-7/h10H,3-4H2,1-2H3,(H,8,9). The number of aliphatic carboxylic acids is 1. The van der Waals surface area contributed by atoms with Crippen LogP contribution in [-0.4, -0.2) is 33.3 Å². The Balaban J connectivity index is 2.78. The maximum Gasteiger partial charge on any atom is 0.312 e. The fourth-order valence-electron chi connectivity index (χ4n) is 0.855.